The molecule has 0 amide bonds. The van der Waals surface area contributed by atoms with Crippen molar-refractivity contribution in [3.63, 3.8) is 0 Å². The lowest BCUT2D eigenvalue weighted by Gasteiger charge is -2.30. The average Bonchev–Trinajstić information content (AvgIpc) is 2.02. The van der Waals surface area contributed by atoms with Crippen molar-refractivity contribution in [2.75, 3.05) is 19.6 Å². The number of hydrazine groups is 1. The first-order chi connectivity index (χ1) is 5.58. The average molecular weight is 172 g/mol. The molecule has 1 fully saturated rings. The second-order valence-electron chi connectivity index (χ2n) is 4.20. The smallest absolute Gasteiger partial charge is 0.0729 e. The quantitative estimate of drug-likeness (QED) is 0.659. The van der Waals surface area contributed by atoms with Gasteiger partial charge < -0.3 is 5.11 Å². The van der Waals surface area contributed by atoms with Gasteiger partial charge in [-0.05, 0) is 26.7 Å². The van der Waals surface area contributed by atoms with Gasteiger partial charge in [0.15, 0.2) is 0 Å². The predicted octanol–water partition coefficient (Wildman–Crippen LogP) is 0.748. The first-order valence-electron chi connectivity index (χ1n) is 4.79. The molecule has 0 aromatic carbocycles. The highest BCUT2D eigenvalue weighted by molar-refractivity contribution is 4.69. The molecule has 3 heteroatoms. The van der Waals surface area contributed by atoms with Gasteiger partial charge in [-0.15, -0.1) is 0 Å². The fraction of sp³-hybridized carbons (Fsp3) is 1.00. The Labute approximate surface area is 74.7 Å². The Bertz CT molecular complexity index is 125. The third-order valence-electron chi connectivity index (χ3n) is 2.09. The van der Waals surface area contributed by atoms with Gasteiger partial charge in [-0.1, -0.05) is 6.42 Å². The summed E-state index contributed by atoms with van der Waals surface area (Å²) in [5.74, 6) is 0. The van der Waals surface area contributed by atoms with Crippen LogP contribution in [-0.4, -0.2) is 35.4 Å². The zero-order valence-corrected chi connectivity index (χ0v) is 8.14. The first-order valence-corrected chi connectivity index (χ1v) is 4.79. The van der Waals surface area contributed by atoms with Gasteiger partial charge >= 0.3 is 0 Å². The lowest BCUT2D eigenvalue weighted by Crippen LogP contribution is -2.47. The van der Waals surface area contributed by atoms with Crippen molar-refractivity contribution in [2.45, 2.75) is 38.7 Å². The Kier molecular flexibility index (Phi) is 3.50. The summed E-state index contributed by atoms with van der Waals surface area (Å²) >= 11 is 0. The van der Waals surface area contributed by atoms with Crippen LogP contribution < -0.4 is 5.43 Å². The summed E-state index contributed by atoms with van der Waals surface area (Å²) in [6.07, 6.45) is 3.90. The maximum atomic E-state index is 9.46. The predicted molar refractivity (Wildman–Crippen MR) is 49.7 cm³/mol. The largest absolute Gasteiger partial charge is 0.389 e. The standard InChI is InChI=1S/C9H20N2O/c1-9(2,12)8-10-11-6-4-3-5-7-11/h10,12H,3-8H2,1-2H3. The molecule has 0 aromatic heterocycles. The van der Waals surface area contributed by atoms with Crippen molar-refractivity contribution < 1.29 is 5.11 Å². The molecule has 72 valence electrons. The van der Waals surface area contributed by atoms with Crippen molar-refractivity contribution in [3.8, 4) is 0 Å². The molecular formula is C9H20N2O. The monoisotopic (exact) mass is 172 g/mol. The molecule has 0 spiro atoms. The van der Waals surface area contributed by atoms with E-state index in [1.807, 2.05) is 13.8 Å². The van der Waals surface area contributed by atoms with Crippen LogP contribution in [0.3, 0.4) is 0 Å². The van der Waals surface area contributed by atoms with E-state index in [1.165, 1.54) is 19.3 Å². The molecule has 0 bridgehead atoms. The highest BCUT2D eigenvalue weighted by Gasteiger charge is 2.15. The number of hydrogen-bond donors (Lipinski definition) is 2. The van der Waals surface area contributed by atoms with Crippen molar-refractivity contribution >= 4 is 0 Å². The van der Waals surface area contributed by atoms with Gasteiger partial charge in [0.1, 0.15) is 0 Å². The molecule has 3 nitrogen and oxygen atoms in total. The van der Waals surface area contributed by atoms with E-state index in [0.717, 1.165) is 13.1 Å². The Morgan fingerprint density at radius 3 is 2.33 bits per heavy atom. The van der Waals surface area contributed by atoms with Gasteiger partial charge in [0, 0.05) is 19.6 Å². The number of piperidine rings is 1. The molecule has 0 aromatic rings. The summed E-state index contributed by atoms with van der Waals surface area (Å²) in [4.78, 5) is 0. The summed E-state index contributed by atoms with van der Waals surface area (Å²) in [5, 5.41) is 11.7. The molecule has 1 aliphatic rings. The molecule has 12 heavy (non-hydrogen) atoms. The van der Waals surface area contributed by atoms with E-state index in [2.05, 4.69) is 10.4 Å². The zero-order chi connectivity index (χ0) is 9.03. The minimum absolute atomic E-state index is 0.600. The van der Waals surface area contributed by atoms with Crippen LogP contribution in [0.15, 0.2) is 0 Å². The Hall–Kier alpha value is -0.120. The molecule has 0 atom stereocenters. The highest BCUT2D eigenvalue weighted by Crippen LogP contribution is 2.06. The summed E-state index contributed by atoms with van der Waals surface area (Å²) in [5.41, 5.74) is 2.65. The van der Waals surface area contributed by atoms with E-state index in [9.17, 15) is 5.11 Å². The van der Waals surface area contributed by atoms with Gasteiger partial charge in [-0.25, -0.2) is 5.01 Å². The van der Waals surface area contributed by atoms with E-state index in [4.69, 9.17) is 0 Å². The minimum atomic E-state index is -0.600. The second-order valence-corrected chi connectivity index (χ2v) is 4.20. The maximum absolute atomic E-state index is 9.46. The van der Waals surface area contributed by atoms with E-state index >= 15 is 0 Å². The molecule has 1 heterocycles. The van der Waals surface area contributed by atoms with Gasteiger partial charge in [0.25, 0.3) is 0 Å². The minimum Gasteiger partial charge on any atom is -0.389 e. The van der Waals surface area contributed by atoms with Crippen LogP contribution in [0.5, 0.6) is 0 Å². The van der Waals surface area contributed by atoms with Gasteiger partial charge in [0.05, 0.1) is 5.60 Å². The van der Waals surface area contributed by atoms with Crippen molar-refractivity contribution in [3.05, 3.63) is 0 Å². The summed E-state index contributed by atoms with van der Waals surface area (Å²) in [6.45, 7) is 6.53. The Morgan fingerprint density at radius 1 is 1.25 bits per heavy atom. The summed E-state index contributed by atoms with van der Waals surface area (Å²) in [7, 11) is 0. The van der Waals surface area contributed by atoms with Crippen LogP contribution in [0.2, 0.25) is 0 Å². The van der Waals surface area contributed by atoms with Crippen LogP contribution in [0.1, 0.15) is 33.1 Å². The fourth-order valence-electron chi connectivity index (χ4n) is 1.36. The lowest BCUT2D eigenvalue weighted by atomic mass is 10.1. The van der Waals surface area contributed by atoms with Gasteiger partial charge in [0.2, 0.25) is 0 Å². The fourth-order valence-corrected chi connectivity index (χ4v) is 1.36. The third kappa shape index (κ3) is 4.04. The third-order valence-corrected chi connectivity index (χ3v) is 2.09. The van der Waals surface area contributed by atoms with Crippen LogP contribution in [0.4, 0.5) is 0 Å². The van der Waals surface area contributed by atoms with Crippen LogP contribution in [0.25, 0.3) is 0 Å². The summed E-state index contributed by atoms with van der Waals surface area (Å²) in [6, 6.07) is 0. The highest BCUT2D eigenvalue weighted by atomic mass is 16.3. The van der Waals surface area contributed by atoms with E-state index in [-0.39, 0.29) is 0 Å². The number of nitrogens with one attached hydrogen (secondary N) is 1. The van der Waals surface area contributed by atoms with E-state index < -0.39 is 5.60 Å². The zero-order valence-electron chi connectivity index (χ0n) is 8.14. The molecule has 0 radical (unpaired) electrons. The van der Waals surface area contributed by atoms with Crippen molar-refractivity contribution in [2.24, 2.45) is 0 Å². The normalized spacial score (nSPS) is 21.2. The molecule has 1 aliphatic heterocycles. The SMILES string of the molecule is CC(C)(O)CNN1CCCCC1. The number of hydrogen-bond acceptors (Lipinski definition) is 3. The number of rotatable bonds is 3. The Balaban J connectivity index is 2.13. The molecule has 2 N–H and O–H groups in total. The van der Waals surface area contributed by atoms with Gasteiger partial charge in [-0.2, -0.15) is 0 Å². The number of nitrogens with zero attached hydrogens (tertiary/aromatic N) is 1. The Morgan fingerprint density at radius 2 is 1.83 bits per heavy atom. The van der Waals surface area contributed by atoms with Crippen LogP contribution in [0, 0.1) is 0 Å². The van der Waals surface area contributed by atoms with E-state index in [1.54, 1.807) is 0 Å². The molecule has 0 saturated carbocycles. The van der Waals surface area contributed by atoms with Crippen LogP contribution in [-0.2, 0) is 0 Å². The molecule has 0 aliphatic carbocycles. The molecule has 0 unspecified atom stereocenters. The lowest BCUT2D eigenvalue weighted by molar-refractivity contribution is 0.0420. The maximum Gasteiger partial charge on any atom is 0.0729 e. The van der Waals surface area contributed by atoms with Gasteiger partial charge in [-0.3, -0.25) is 5.43 Å². The molecular weight excluding hydrogens is 152 g/mol. The van der Waals surface area contributed by atoms with Crippen molar-refractivity contribution in [1.29, 1.82) is 0 Å². The molecule has 1 rings (SSSR count). The topological polar surface area (TPSA) is 35.5 Å². The molecule has 1 saturated heterocycles. The van der Waals surface area contributed by atoms with E-state index in [0.29, 0.717) is 6.54 Å². The number of aliphatic hydroxyl groups is 1. The second kappa shape index (κ2) is 4.21. The van der Waals surface area contributed by atoms with Crippen molar-refractivity contribution in [1.82, 2.24) is 10.4 Å². The van der Waals surface area contributed by atoms with Crippen LogP contribution >= 0.6 is 0 Å². The summed E-state index contributed by atoms with van der Waals surface area (Å²) < 4.78 is 0. The first kappa shape index (κ1) is 9.96.